The van der Waals surface area contributed by atoms with Crippen LogP contribution in [0.25, 0.3) is 0 Å². The summed E-state index contributed by atoms with van der Waals surface area (Å²) in [5.41, 5.74) is 8.25. The molecule has 0 saturated carbocycles. The number of carbonyl (C=O) groups is 1. The summed E-state index contributed by atoms with van der Waals surface area (Å²) >= 11 is 0. The van der Waals surface area contributed by atoms with Crippen molar-refractivity contribution in [2.75, 3.05) is 26.2 Å². The number of nitrogens with one attached hydrogen (secondary N) is 3. The van der Waals surface area contributed by atoms with Crippen LogP contribution in [0.4, 0.5) is 0 Å². The third-order valence-corrected chi connectivity index (χ3v) is 6.38. The number of rotatable bonds is 4. The maximum atomic E-state index is 13.1. The molecular weight excluding hydrogens is 312 g/mol. The molecule has 0 radical (unpaired) electrons. The zero-order chi connectivity index (χ0) is 17.3. The molecule has 3 aliphatic rings. The van der Waals surface area contributed by atoms with Crippen molar-refractivity contribution in [3.05, 3.63) is 35.9 Å². The average Bonchev–Trinajstić information content (AvgIpc) is 3.25. The zero-order valence-corrected chi connectivity index (χ0v) is 15.1. The lowest BCUT2D eigenvalue weighted by Crippen LogP contribution is -2.50. The highest BCUT2D eigenvalue weighted by Gasteiger charge is 2.45. The first-order chi connectivity index (χ1) is 12.1. The van der Waals surface area contributed by atoms with Crippen molar-refractivity contribution >= 4 is 5.91 Å². The molecule has 0 bridgehead atoms. The largest absolute Gasteiger partial charge is 0.341 e. The van der Waals surface area contributed by atoms with Crippen LogP contribution >= 0.6 is 0 Å². The molecule has 1 aromatic carbocycles. The van der Waals surface area contributed by atoms with Crippen LogP contribution in [-0.2, 0) is 11.2 Å². The SMILES string of the molecule is CC1(CCc2ccccc2)CCN(C(=O)C2NNC3CCNCC32)C1. The molecule has 3 N–H and O–H groups in total. The number of nitrogens with zero attached hydrogens (tertiary/aromatic N) is 1. The molecule has 4 atom stereocenters. The highest BCUT2D eigenvalue weighted by Crippen LogP contribution is 2.35. The smallest absolute Gasteiger partial charge is 0.241 e. The number of carbonyl (C=O) groups excluding carboxylic acids is 1. The summed E-state index contributed by atoms with van der Waals surface area (Å²) in [7, 11) is 0. The van der Waals surface area contributed by atoms with E-state index in [1.807, 2.05) is 0 Å². The van der Waals surface area contributed by atoms with E-state index in [2.05, 4.69) is 58.3 Å². The van der Waals surface area contributed by atoms with Gasteiger partial charge in [0.15, 0.2) is 0 Å². The summed E-state index contributed by atoms with van der Waals surface area (Å²) in [6.45, 7) is 6.10. The summed E-state index contributed by atoms with van der Waals surface area (Å²) in [5.74, 6) is 0.657. The van der Waals surface area contributed by atoms with Gasteiger partial charge in [0, 0.05) is 31.6 Å². The minimum Gasteiger partial charge on any atom is -0.341 e. The number of benzene rings is 1. The number of hydrazine groups is 1. The predicted octanol–water partition coefficient (Wildman–Crippen LogP) is 1.31. The van der Waals surface area contributed by atoms with E-state index in [-0.39, 0.29) is 17.4 Å². The number of fused-ring (bicyclic) bond motifs is 1. The van der Waals surface area contributed by atoms with Crippen LogP contribution in [0.5, 0.6) is 0 Å². The Morgan fingerprint density at radius 1 is 1.28 bits per heavy atom. The van der Waals surface area contributed by atoms with Gasteiger partial charge in [-0.3, -0.25) is 10.2 Å². The van der Waals surface area contributed by atoms with E-state index >= 15 is 0 Å². The van der Waals surface area contributed by atoms with Gasteiger partial charge in [-0.2, -0.15) is 0 Å². The van der Waals surface area contributed by atoms with E-state index in [1.54, 1.807) is 0 Å². The van der Waals surface area contributed by atoms with Crippen molar-refractivity contribution in [1.29, 1.82) is 0 Å². The Morgan fingerprint density at radius 3 is 2.96 bits per heavy atom. The van der Waals surface area contributed by atoms with E-state index < -0.39 is 0 Å². The Labute approximate surface area is 150 Å². The number of amides is 1. The van der Waals surface area contributed by atoms with Gasteiger partial charge in [-0.1, -0.05) is 37.3 Å². The second-order valence-electron chi connectivity index (χ2n) is 8.34. The van der Waals surface area contributed by atoms with Crippen LogP contribution in [0.2, 0.25) is 0 Å². The first-order valence-electron chi connectivity index (χ1n) is 9.69. The second kappa shape index (κ2) is 7.06. The maximum absolute atomic E-state index is 13.1. The Hall–Kier alpha value is -1.43. The lowest BCUT2D eigenvalue weighted by Gasteiger charge is -2.30. The second-order valence-corrected chi connectivity index (χ2v) is 8.34. The molecule has 0 aliphatic carbocycles. The Bertz CT molecular complexity index is 607. The molecule has 3 aliphatic heterocycles. The molecular formula is C20H30N4O. The minimum absolute atomic E-state index is 0.0747. The fraction of sp³-hybridized carbons (Fsp3) is 0.650. The van der Waals surface area contributed by atoms with Crippen LogP contribution in [0.15, 0.2) is 30.3 Å². The highest BCUT2D eigenvalue weighted by molar-refractivity contribution is 5.83. The highest BCUT2D eigenvalue weighted by atomic mass is 16.2. The van der Waals surface area contributed by atoms with E-state index in [1.165, 1.54) is 5.56 Å². The summed E-state index contributed by atoms with van der Waals surface area (Å²) in [6, 6.07) is 11.0. The van der Waals surface area contributed by atoms with Crippen molar-refractivity contribution in [2.45, 2.75) is 44.7 Å². The molecule has 1 amide bonds. The van der Waals surface area contributed by atoms with Gasteiger partial charge in [0.25, 0.3) is 0 Å². The Balaban J connectivity index is 1.34. The average molecular weight is 342 g/mol. The lowest BCUT2D eigenvalue weighted by molar-refractivity contribution is -0.133. The van der Waals surface area contributed by atoms with Gasteiger partial charge < -0.3 is 10.2 Å². The molecule has 3 saturated heterocycles. The van der Waals surface area contributed by atoms with Gasteiger partial charge in [-0.25, -0.2) is 5.43 Å². The van der Waals surface area contributed by atoms with E-state index in [4.69, 9.17) is 0 Å². The predicted molar refractivity (Wildman–Crippen MR) is 98.9 cm³/mol. The van der Waals surface area contributed by atoms with Gasteiger partial charge >= 0.3 is 0 Å². The topological polar surface area (TPSA) is 56.4 Å². The fourth-order valence-electron chi connectivity index (χ4n) is 4.66. The number of hydrogen-bond donors (Lipinski definition) is 3. The zero-order valence-electron chi connectivity index (χ0n) is 15.1. The summed E-state index contributed by atoms with van der Waals surface area (Å²) in [4.78, 5) is 15.2. The van der Waals surface area contributed by atoms with Crippen molar-refractivity contribution in [2.24, 2.45) is 11.3 Å². The van der Waals surface area contributed by atoms with Crippen LogP contribution in [0, 0.1) is 11.3 Å². The molecule has 5 nitrogen and oxygen atoms in total. The van der Waals surface area contributed by atoms with Crippen molar-refractivity contribution in [3.63, 3.8) is 0 Å². The third kappa shape index (κ3) is 3.59. The van der Waals surface area contributed by atoms with E-state index in [0.717, 1.165) is 51.9 Å². The lowest BCUT2D eigenvalue weighted by atomic mass is 9.83. The molecule has 1 aromatic rings. The number of likely N-dealkylation sites (tertiary alicyclic amines) is 1. The third-order valence-electron chi connectivity index (χ3n) is 6.38. The first-order valence-corrected chi connectivity index (χ1v) is 9.69. The standard InChI is InChI=1S/C20H30N4O/c1-20(9-7-15-5-3-2-4-6-15)10-12-24(14-20)19(25)18-16-13-21-11-8-17(16)22-23-18/h2-6,16-18,21-23H,7-14H2,1H3. The van der Waals surface area contributed by atoms with Crippen molar-refractivity contribution in [3.8, 4) is 0 Å². The quantitative estimate of drug-likeness (QED) is 0.772. The number of aryl methyl sites for hydroxylation is 1. The molecule has 136 valence electrons. The van der Waals surface area contributed by atoms with Crippen LogP contribution in [0.3, 0.4) is 0 Å². The molecule has 25 heavy (non-hydrogen) atoms. The molecule has 0 aromatic heterocycles. The van der Waals surface area contributed by atoms with Crippen LogP contribution < -0.4 is 16.2 Å². The molecule has 0 spiro atoms. The fourth-order valence-corrected chi connectivity index (χ4v) is 4.66. The van der Waals surface area contributed by atoms with Crippen LogP contribution in [-0.4, -0.2) is 49.1 Å². The van der Waals surface area contributed by atoms with Gasteiger partial charge in [0.2, 0.25) is 5.91 Å². The first kappa shape index (κ1) is 17.0. The molecule has 4 unspecified atom stereocenters. The summed E-state index contributed by atoms with van der Waals surface area (Å²) in [5, 5.41) is 3.44. The van der Waals surface area contributed by atoms with E-state index in [9.17, 15) is 4.79 Å². The maximum Gasteiger partial charge on any atom is 0.241 e. The molecule has 5 heteroatoms. The number of hydrogen-bond acceptors (Lipinski definition) is 4. The molecule has 4 rings (SSSR count). The van der Waals surface area contributed by atoms with Gasteiger partial charge in [0.1, 0.15) is 6.04 Å². The Morgan fingerprint density at radius 2 is 2.12 bits per heavy atom. The summed E-state index contributed by atoms with van der Waals surface area (Å²) < 4.78 is 0. The van der Waals surface area contributed by atoms with Crippen molar-refractivity contribution in [1.82, 2.24) is 21.1 Å². The van der Waals surface area contributed by atoms with Crippen molar-refractivity contribution < 1.29 is 4.79 Å². The molecule has 3 fully saturated rings. The normalized spacial score (nSPS) is 34.9. The monoisotopic (exact) mass is 342 g/mol. The molecule has 3 heterocycles. The van der Waals surface area contributed by atoms with E-state index in [0.29, 0.717) is 12.0 Å². The number of piperidine rings is 1. The Kier molecular flexibility index (Phi) is 4.80. The minimum atomic E-state index is -0.0747. The van der Waals surface area contributed by atoms with Gasteiger partial charge in [-0.05, 0) is 43.2 Å². The van der Waals surface area contributed by atoms with Crippen LogP contribution in [0.1, 0.15) is 31.7 Å². The van der Waals surface area contributed by atoms with Gasteiger partial charge in [-0.15, -0.1) is 0 Å². The summed E-state index contributed by atoms with van der Waals surface area (Å²) in [6.07, 6.45) is 4.44. The van der Waals surface area contributed by atoms with Gasteiger partial charge in [0.05, 0.1) is 0 Å².